The van der Waals surface area contributed by atoms with Crippen molar-refractivity contribution in [1.82, 2.24) is 9.62 Å². The molecule has 0 saturated carbocycles. The molecule has 0 radical (unpaired) electrons. The summed E-state index contributed by atoms with van der Waals surface area (Å²) in [6, 6.07) is 5.75. The second-order valence-electron chi connectivity index (χ2n) is 7.78. The Morgan fingerprint density at radius 2 is 2.04 bits per heavy atom. The van der Waals surface area contributed by atoms with Gasteiger partial charge in [0.2, 0.25) is 15.9 Å². The first-order chi connectivity index (χ1) is 13.5. The van der Waals surface area contributed by atoms with Crippen molar-refractivity contribution in [2.45, 2.75) is 69.7 Å². The molecule has 1 aromatic carbocycles. The summed E-state index contributed by atoms with van der Waals surface area (Å²) in [7, 11) is -3.52. The van der Waals surface area contributed by atoms with Gasteiger partial charge in [-0.2, -0.15) is 0 Å². The Morgan fingerprint density at radius 3 is 2.79 bits per heavy atom. The maximum Gasteiger partial charge on any atom is 0.240 e. The molecule has 2 aliphatic rings. The summed E-state index contributed by atoms with van der Waals surface area (Å²) >= 11 is 0. The van der Waals surface area contributed by atoms with Gasteiger partial charge in [0.05, 0.1) is 4.90 Å². The molecular formula is C21H33N3O3S. The Hall–Kier alpha value is -1.44. The zero-order chi connectivity index (χ0) is 20.1. The van der Waals surface area contributed by atoms with Crippen molar-refractivity contribution in [2.24, 2.45) is 0 Å². The minimum absolute atomic E-state index is 0.0792. The predicted molar refractivity (Wildman–Crippen MR) is 112 cm³/mol. The van der Waals surface area contributed by atoms with E-state index in [0.717, 1.165) is 30.8 Å². The van der Waals surface area contributed by atoms with E-state index in [1.54, 1.807) is 23.1 Å². The molecule has 1 atom stereocenters. The summed E-state index contributed by atoms with van der Waals surface area (Å²) in [6.07, 6.45) is 6.96. The molecule has 1 fully saturated rings. The molecular weight excluding hydrogens is 374 g/mol. The first-order valence-corrected chi connectivity index (χ1v) is 12.1. The Balaban J connectivity index is 1.56. The highest BCUT2D eigenvalue weighted by Crippen LogP contribution is 2.30. The minimum atomic E-state index is -3.52. The quantitative estimate of drug-likeness (QED) is 0.673. The van der Waals surface area contributed by atoms with Crippen molar-refractivity contribution >= 4 is 21.6 Å². The lowest BCUT2D eigenvalue weighted by molar-refractivity contribution is -0.118. The normalized spacial score (nSPS) is 20.4. The molecule has 28 heavy (non-hydrogen) atoms. The van der Waals surface area contributed by atoms with Crippen LogP contribution in [-0.4, -0.2) is 51.4 Å². The maximum absolute atomic E-state index is 12.7. The molecule has 0 bridgehead atoms. The maximum atomic E-state index is 12.7. The fourth-order valence-electron chi connectivity index (χ4n) is 4.38. The highest BCUT2D eigenvalue weighted by Gasteiger charge is 2.26. The molecule has 0 aromatic heterocycles. The standard InChI is InChI=1S/C21H33N3O3S/c1-3-18-8-5-6-13-23(18)14-7-12-22-28(26,27)19-9-10-20-17(16-19)11-15-24(20)21(25)4-2/h9-10,16,18,22H,3-8,11-15H2,1-2H3/t18-/m1/s1. The van der Waals surface area contributed by atoms with Crippen LogP contribution in [0.5, 0.6) is 0 Å². The Morgan fingerprint density at radius 1 is 1.21 bits per heavy atom. The van der Waals surface area contributed by atoms with Crippen molar-refractivity contribution in [3.8, 4) is 0 Å². The smallest absolute Gasteiger partial charge is 0.240 e. The molecule has 1 N–H and O–H groups in total. The molecule has 0 spiro atoms. The monoisotopic (exact) mass is 407 g/mol. The fraction of sp³-hybridized carbons (Fsp3) is 0.667. The summed E-state index contributed by atoms with van der Waals surface area (Å²) in [6.45, 7) is 7.23. The zero-order valence-corrected chi connectivity index (χ0v) is 17.9. The van der Waals surface area contributed by atoms with Gasteiger partial charge in [-0.15, -0.1) is 0 Å². The first kappa shape index (κ1) is 21.3. The van der Waals surface area contributed by atoms with Gasteiger partial charge in [0.1, 0.15) is 0 Å². The van der Waals surface area contributed by atoms with Crippen LogP contribution in [0.15, 0.2) is 23.1 Å². The van der Waals surface area contributed by atoms with Crippen LogP contribution < -0.4 is 9.62 Å². The molecule has 7 heteroatoms. The van der Waals surface area contributed by atoms with E-state index < -0.39 is 10.0 Å². The van der Waals surface area contributed by atoms with Crippen molar-refractivity contribution < 1.29 is 13.2 Å². The number of hydrogen-bond acceptors (Lipinski definition) is 4. The molecule has 3 rings (SSSR count). The van der Waals surface area contributed by atoms with E-state index in [9.17, 15) is 13.2 Å². The van der Waals surface area contributed by atoms with Crippen LogP contribution in [0.1, 0.15) is 57.9 Å². The number of amides is 1. The van der Waals surface area contributed by atoms with Crippen molar-refractivity contribution in [3.05, 3.63) is 23.8 Å². The Kier molecular flexibility index (Phi) is 7.12. The second-order valence-corrected chi connectivity index (χ2v) is 9.55. The predicted octanol–water partition coefficient (Wildman–Crippen LogP) is 2.92. The molecule has 156 valence electrons. The number of piperidine rings is 1. The van der Waals surface area contributed by atoms with E-state index in [1.165, 1.54) is 25.7 Å². The third kappa shape index (κ3) is 4.75. The van der Waals surface area contributed by atoms with Crippen molar-refractivity contribution in [1.29, 1.82) is 0 Å². The third-order valence-corrected chi connectivity index (χ3v) is 7.45. The number of carbonyl (C=O) groups is 1. The number of carbonyl (C=O) groups excluding carboxylic acids is 1. The second kappa shape index (κ2) is 9.37. The highest BCUT2D eigenvalue weighted by atomic mass is 32.2. The number of rotatable bonds is 8. The molecule has 2 heterocycles. The lowest BCUT2D eigenvalue weighted by Crippen LogP contribution is -2.40. The summed E-state index contributed by atoms with van der Waals surface area (Å²) in [4.78, 5) is 16.6. The number of fused-ring (bicyclic) bond motifs is 1. The van der Waals surface area contributed by atoms with Gasteiger partial charge in [0.25, 0.3) is 0 Å². The van der Waals surface area contributed by atoms with Gasteiger partial charge in [0.15, 0.2) is 0 Å². The topological polar surface area (TPSA) is 69.7 Å². The van der Waals surface area contributed by atoms with E-state index in [-0.39, 0.29) is 5.91 Å². The van der Waals surface area contributed by atoms with E-state index >= 15 is 0 Å². The van der Waals surface area contributed by atoms with Crippen LogP contribution in [-0.2, 0) is 21.2 Å². The summed E-state index contributed by atoms with van der Waals surface area (Å²) in [5, 5.41) is 0. The van der Waals surface area contributed by atoms with Crippen LogP contribution >= 0.6 is 0 Å². The number of nitrogens with zero attached hydrogens (tertiary/aromatic N) is 2. The van der Waals surface area contributed by atoms with Crippen LogP contribution in [0.3, 0.4) is 0 Å². The van der Waals surface area contributed by atoms with E-state index in [1.807, 2.05) is 6.92 Å². The molecule has 0 aliphatic carbocycles. The molecule has 6 nitrogen and oxygen atoms in total. The molecule has 2 aliphatic heterocycles. The molecule has 1 amide bonds. The highest BCUT2D eigenvalue weighted by molar-refractivity contribution is 7.89. The minimum Gasteiger partial charge on any atom is -0.312 e. The summed E-state index contributed by atoms with van der Waals surface area (Å²) < 4.78 is 28.1. The molecule has 1 saturated heterocycles. The van der Waals surface area contributed by atoms with Gasteiger partial charge in [0, 0.05) is 31.2 Å². The van der Waals surface area contributed by atoms with Gasteiger partial charge >= 0.3 is 0 Å². The zero-order valence-electron chi connectivity index (χ0n) is 17.1. The Bertz CT molecular complexity index is 794. The Labute approximate surface area is 169 Å². The number of benzene rings is 1. The first-order valence-electron chi connectivity index (χ1n) is 10.6. The van der Waals surface area contributed by atoms with Gasteiger partial charge < -0.3 is 9.80 Å². The van der Waals surface area contributed by atoms with E-state index in [0.29, 0.717) is 36.9 Å². The third-order valence-electron chi connectivity index (χ3n) is 5.99. The summed E-state index contributed by atoms with van der Waals surface area (Å²) in [5.41, 5.74) is 1.78. The van der Waals surface area contributed by atoms with Crippen LogP contribution in [0.4, 0.5) is 5.69 Å². The van der Waals surface area contributed by atoms with Gasteiger partial charge in [-0.3, -0.25) is 4.79 Å². The average molecular weight is 408 g/mol. The fourth-order valence-corrected chi connectivity index (χ4v) is 5.51. The van der Waals surface area contributed by atoms with E-state index in [4.69, 9.17) is 0 Å². The number of sulfonamides is 1. The lowest BCUT2D eigenvalue weighted by atomic mass is 10.00. The number of likely N-dealkylation sites (tertiary alicyclic amines) is 1. The molecule has 0 unspecified atom stereocenters. The van der Waals surface area contributed by atoms with Gasteiger partial charge in [-0.1, -0.05) is 20.3 Å². The van der Waals surface area contributed by atoms with E-state index in [2.05, 4.69) is 16.5 Å². The number of anilines is 1. The van der Waals surface area contributed by atoms with Crippen molar-refractivity contribution in [2.75, 3.05) is 31.1 Å². The van der Waals surface area contributed by atoms with Gasteiger partial charge in [-0.25, -0.2) is 13.1 Å². The molecule has 1 aromatic rings. The number of nitrogens with one attached hydrogen (secondary N) is 1. The van der Waals surface area contributed by atoms with Crippen LogP contribution in [0.25, 0.3) is 0 Å². The van der Waals surface area contributed by atoms with Gasteiger partial charge in [-0.05, 0) is 69.0 Å². The SMILES string of the molecule is CCC(=O)N1CCc2cc(S(=O)(=O)NCCCN3CCCC[C@H]3CC)ccc21. The van der Waals surface area contributed by atoms with Crippen LogP contribution in [0.2, 0.25) is 0 Å². The summed E-state index contributed by atoms with van der Waals surface area (Å²) in [5.74, 6) is 0.0792. The van der Waals surface area contributed by atoms with Crippen LogP contribution in [0, 0.1) is 0 Å². The van der Waals surface area contributed by atoms with Crippen molar-refractivity contribution in [3.63, 3.8) is 0 Å². The average Bonchev–Trinajstić information content (AvgIpc) is 3.14. The largest absolute Gasteiger partial charge is 0.312 e. The number of hydrogen-bond donors (Lipinski definition) is 1. The lowest BCUT2D eigenvalue weighted by Gasteiger charge is -2.35.